The van der Waals surface area contributed by atoms with Crippen molar-refractivity contribution < 1.29 is 19.1 Å². The number of allylic oxidation sites excluding steroid dienone is 3. The Kier molecular flexibility index (Phi) is 7.10. The number of pyridine rings is 1. The molecule has 1 aromatic carbocycles. The molecule has 0 saturated heterocycles. The first kappa shape index (κ1) is 24.7. The highest BCUT2D eigenvalue weighted by Crippen LogP contribution is 2.46. The van der Waals surface area contributed by atoms with E-state index in [2.05, 4.69) is 35.3 Å². The third kappa shape index (κ3) is 5.64. The minimum absolute atomic E-state index is 0.00366. The van der Waals surface area contributed by atoms with Crippen molar-refractivity contribution in [3.05, 3.63) is 82.7 Å². The van der Waals surface area contributed by atoms with E-state index >= 15 is 0 Å². The van der Waals surface area contributed by atoms with E-state index in [4.69, 9.17) is 9.47 Å². The Morgan fingerprint density at radius 3 is 2.71 bits per heavy atom. The molecule has 0 radical (unpaired) electrons. The van der Waals surface area contributed by atoms with Crippen LogP contribution >= 0.6 is 0 Å². The lowest BCUT2D eigenvalue weighted by Gasteiger charge is -2.30. The van der Waals surface area contributed by atoms with Gasteiger partial charge >= 0.3 is 12.1 Å². The average Bonchev–Trinajstić information content (AvgIpc) is 3.13. The van der Waals surface area contributed by atoms with Gasteiger partial charge in [-0.25, -0.2) is 9.59 Å². The number of likely N-dealkylation sites (N-methyl/N-ethyl adjacent to an activating group) is 1. The number of ether oxygens (including phenoxy) is 2. The fourth-order valence-corrected chi connectivity index (χ4v) is 4.81. The lowest BCUT2D eigenvalue weighted by molar-refractivity contribution is -0.160. The summed E-state index contributed by atoms with van der Waals surface area (Å²) in [5.41, 5.74) is 6.18. The molecule has 6 nitrogen and oxygen atoms in total. The lowest BCUT2D eigenvalue weighted by atomic mass is 9.93. The van der Waals surface area contributed by atoms with Crippen molar-refractivity contribution in [1.82, 2.24) is 9.88 Å². The Labute approximate surface area is 207 Å². The predicted octanol–water partition coefficient (Wildman–Crippen LogP) is 5.61. The van der Waals surface area contributed by atoms with Gasteiger partial charge in [0.15, 0.2) is 0 Å². The van der Waals surface area contributed by atoms with Gasteiger partial charge in [0, 0.05) is 31.8 Å². The summed E-state index contributed by atoms with van der Waals surface area (Å²) in [5.74, 6) is -0.471. The standard InChI is InChI=1S/C29H34N2O4/c1-19-14-20(17-30-16-19)15-26(27(32)35-29(2,3)4)31(5)28(33)34-18-25-23-12-8-6-10-21(23)22-11-7-9-13-24(22)25/h6,8-10,12-14,16-17,25-26H,7,11,15,18H2,1-5H3. The summed E-state index contributed by atoms with van der Waals surface area (Å²) >= 11 is 0. The van der Waals surface area contributed by atoms with Crippen LogP contribution < -0.4 is 0 Å². The van der Waals surface area contributed by atoms with Crippen molar-refractivity contribution in [2.45, 2.75) is 64.5 Å². The molecule has 0 N–H and O–H groups in total. The molecule has 0 aliphatic heterocycles. The van der Waals surface area contributed by atoms with Gasteiger partial charge < -0.3 is 9.47 Å². The summed E-state index contributed by atoms with van der Waals surface area (Å²) in [7, 11) is 1.59. The van der Waals surface area contributed by atoms with Gasteiger partial charge in [-0.15, -0.1) is 0 Å². The van der Waals surface area contributed by atoms with Gasteiger partial charge in [-0.2, -0.15) is 0 Å². The van der Waals surface area contributed by atoms with Crippen molar-refractivity contribution in [1.29, 1.82) is 0 Å². The summed E-state index contributed by atoms with van der Waals surface area (Å²) in [6, 6.07) is 9.46. The summed E-state index contributed by atoms with van der Waals surface area (Å²) in [4.78, 5) is 31.9. The Morgan fingerprint density at radius 2 is 1.97 bits per heavy atom. The van der Waals surface area contributed by atoms with E-state index in [9.17, 15) is 9.59 Å². The summed E-state index contributed by atoms with van der Waals surface area (Å²) in [6.07, 6.45) is 9.57. The highest BCUT2D eigenvalue weighted by Gasteiger charge is 2.35. The number of hydrogen-bond donors (Lipinski definition) is 0. The van der Waals surface area contributed by atoms with Crippen molar-refractivity contribution in [3.8, 4) is 0 Å². The minimum Gasteiger partial charge on any atom is -0.458 e. The van der Waals surface area contributed by atoms with E-state index in [-0.39, 0.29) is 12.5 Å². The maximum absolute atomic E-state index is 13.2. The monoisotopic (exact) mass is 474 g/mol. The summed E-state index contributed by atoms with van der Waals surface area (Å²) in [6.45, 7) is 7.61. The fourth-order valence-electron chi connectivity index (χ4n) is 4.81. The molecule has 0 saturated carbocycles. The molecule has 0 bridgehead atoms. The third-order valence-corrected chi connectivity index (χ3v) is 6.41. The minimum atomic E-state index is -0.828. The Bertz CT molecular complexity index is 1180. The van der Waals surface area contributed by atoms with Gasteiger partial charge in [-0.05, 0) is 73.9 Å². The van der Waals surface area contributed by atoms with Crippen LogP contribution in [0.5, 0.6) is 0 Å². The Balaban J connectivity index is 1.51. The molecule has 1 aromatic heterocycles. The first-order valence-electron chi connectivity index (χ1n) is 12.2. The smallest absolute Gasteiger partial charge is 0.410 e. The molecule has 1 amide bonds. The van der Waals surface area contributed by atoms with Crippen LogP contribution in [0.1, 0.15) is 61.8 Å². The quantitative estimate of drug-likeness (QED) is 0.509. The van der Waals surface area contributed by atoms with Crippen LogP contribution in [0.4, 0.5) is 4.79 Å². The molecule has 2 aliphatic rings. The molecule has 2 atom stereocenters. The molecule has 184 valence electrons. The van der Waals surface area contributed by atoms with Gasteiger partial charge in [0.2, 0.25) is 0 Å². The molecule has 2 aromatic rings. The number of carbonyl (C=O) groups is 2. The molecule has 4 rings (SSSR count). The van der Waals surface area contributed by atoms with Crippen molar-refractivity contribution in [2.24, 2.45) is 0 Å². The number of esters is 1. The second-order valence-corrected chi connectivity index (χ2v) is 10.3. The average molecular weight is 475 g/mol. The molecular weight excluding hydrogens is 440 g/mol. The van der Waals surface area contributed by atoms with Crippen molar-refractivity contribution in [3.63, 3.8) is 0 Å². The topological polar surface area (TPSA) is 68.7 Å². The van der Waals surface area contributed by atoms with Crippen LogP contribution in [0, 0.1) is 6.92 Å². The van der Waals surface area contributed by atoms with E-state index in [1.165, 1.54) is 27.2 Å². The molecule has 1 heterocycles. The number of carbonyl (C=O) groups excluding carboxylic acids is 2. The molecular formula is C29H34N2O4. The fraction of sp³-hybridized carbons (Fsp3) is 0.414. The van der Waals surface area contributed by atoms with Crippen molar-refractivity contribution >= 4 is 17.6 Å². The number of fused-ring (bicyclic) bond motifs is 2. The van der Waals surface area contributed by atoms with Gasteiger partial charge in [-0.1, -0.05) is 42.5 Å². The first-order chi connectivity index (χ1) is 16.6. The predicted molar refractivity (Wildman–Crippen MR) is 136 cm³/mol. The summed E-state index contributed by atoms with van der Waals surface area (Å²) < 4.78 is 11.5. The number of rotatable bonds is 6. The number of aromatic nitrogens is 1. The van der Waals surface area contributed by atoms with Gasteiger partial charge in [0.05, 0.1) is 0 Å². The van der Waals surface area contributed by atoms with Crippen LogP contribution in [-0.2, 0) is 20.7 Å². The molecule has 6 heteroatoms. The molecule has 2 unspecified atom stereocenters. The maximum Gasteiger partial charge on any atom is 0.410 e. The second kappa shape index (κ2) is 10.1. The van der Waals surface area contributed by atoms with Crippen LogP contribution in [-0.4, -0.2) is 47.2 Å². The first-order valence-corrected chi connectivity index (χ1v) is 12.2. The zero-order chi connectivity index (χ0) is 25.2. The van der Waals surface area contributed by atoms with E-state index in [1.54, 1.807) is 19.4 Å². The highest BCUT2D eigenvalue weighted by molar-refractivity contribution is 5.83. The molecule has 0 fully saturated rings. The third-order valence-electron chi connectivity index (χ3n) is 6.41. The lowest BCUT2D eigenvalue weighted by Crippen LogP contribution is -2.47. The van der Waals surface area contributed by atoms with E-state index in [0.717, 1.165) is 24.0 Å². The number of amides is 1. The van der Waals surface area contributed by atoms with Gasteiger partial charge in [-0.3, -0.25) is 9.88 Å². The SMILES string of the molecule is Cc1cncc(CC(C(=O)OC(C)(C)C)N(C)C(=O)OCC2C3=C(CCC=C3)c3ccccc32)c1. The van der Waals surface area contributed by atoms with Crippen LogP contribution in [0.15, 0.2) is 60.5 Å². The Hall–Kier alpha value is -3.41. The maximum atomic E-state index is 13.2. The Morgan fingerprint density at radius 1 is 1.20 bits per heavy atom. The van der Waals surface area contributed by atoms with Gasteiger partial charge in [0.1, 0.15) is 18.2 Å². The molecule has 0 spiro atoms. The number of nitrogens with zero attached hydrogens (tertiary/aromatic N) is 2. The van der Waals surface area contributed by atoms with Gasteiger partial charge in [0.25, 0.3) is 0 Å². The van der Waals surface area contributed by atoms with E-state index in [0.29, 0.717) is 6.42 Å². The second-order valence-electron chi connectivity index (χ2n) is 10.3. The van der Waals surface area contributed by atoms with Crippen LogP contribution in [0.3, 0.4) is 0 Å². The molecule has 35 heavy (non-hydrogen) atoms. The van der Waals surface area contributed by atoms with E-state index < -0.39 is 23.7 Å². The zero-order valence-electron chi connectivity index (χ0n) is 21.2. The number of aryl methyl sites for hydroxylation is 1. The number of hydrogen-bond acceptors (Lipinski definition) is 5. The zero-order valence-corrected chi connectivity index (χ0v) is 21.2. The van der Waals surface area contributed by atoms with Crippen LogP contribution in [0.25, 0.3) is 5.57 Å². The van der Waals surface area contributed by atoms with Crippen LogP contribution in [0.2, 0.25) is 0 Å². The number of benzene rings is 1. The normalized spacial score (nSPS) is 17.5. The van der Waals surface area contributed by atoms with Crippen molar-refractivity contribution in [2.75, 3.05) is 13.7 Å². The largest absolute Gasteiger partial charge is 0.458 e. The van der Waals surface area contributed by atoms with E-state index in [1.807, 2.05) is 39.8 Å². The highest BCUT2D eigenvalue weighted by atomic mass is 16.6. The summed E-state index contributed by atoms with van der Waals surface area (Å²) in [5, 5.41) is 0. The molecule has 2 aliphatic carbocycles.